The lowest BCUT2D eigenvalue weighted by Gasteiger charge is -2.73. The van der Waals surface area contributed by atoms with Gasteiger partial charge in [0.1, 0.15) is 104 Å². The average molecular weight is 1220 g/mol. The quantitative estimate of drug-likeness (QED) is 0.0478. The van der Waals surface area contributed by atoms with Crippen molar-refractivity contribution in [3.05, 3.63) is 12.2 Å². The van der Waals surface area contributed by atoms with Crippen molar-refractivity contribution in [2.45, 2.75) is 266 Å². The van der Waals surface area contributed by atoms with Crippen LogP contribution >= 0.6 is 0 Å². The molecule has 0 aromatic carbocycles. The zero-order valence-corrected chi connectivity index (χ0v) is 49.6. The SMILES string of the molecule is C=C(C)C1CC[C@]2(C(=O)O[C@@H]3O[C@H](CO[C@@H]4O[C@H](CO)[C@@H](O[C@@H]5O[C@@H](C)[C@H](O)[C@@H](O)[C@H]5O)[C@H](O)[C@H]4O)[C@@H](O)[C@H](O)[C@H]3O)CC[C@]3(C)[C@H](CC[C@@H]4[C@@]5(C)CC[C@H](OC6OC[C@H](O)[C@H](O)[C@H]6O[C@@H]6O[C@@H](C)[C@H](O)[C@@H](O)[C@H]6O)[C@@](C)(CO)[C@@H]5CC[C@]43C)[C@@H]12. The molecule has 85 heavy (non-hydrogen) atoms. The van der Waals surface area contributed by atoms with E-state index < -0.39 is 184 Å². The topological polar surface area (TPSA) is 413 Å². The summed E-state index contributed by atoms with van der Waals surface area (Å²) in [6.07, 6.45) is -31.6. The monoisotopic (exact) mass is 1220 g/mol. The van der Waals surface area contributed by atoms with Crippen molar-refractivity contribution >= 4 is 5.97 Å². The predicted molar refractivity (Wildman–Crippen MR) is 288 cm³/mol. The summed E-state index contributed by atoms with van der Waals surface area (Å²) in [6, 6.07) is 0. The molecule has 0 bridgehead atoms. The third-order valence-electron chi connectivity index (χ3n) is 23.6. The van der Waals surface area contributed by atoms with Crippen LogP contribution in [0, 0.1) is 56.7 Å². The standard InChI is InChI=1S/C59H96O26/c1-23(2)26-11-16-59(54(75)85-52-45(73)41(69)38(66)30(81-52)21-77-49-46(74)42(70)47(29(19-60)80-49)83-50-43(71)39(67)35(63)24(3)78-50)18-17-57(7)27(34(26)59)9-10-32-55(5)14-13-33(56(6,22-61)31(55)12-15-58(32,57)8)82-53-48(37(65)28(62)20-76-53)84-51-44(72)40(68)36(64)25(4)79-51/h24-53,60-74H,1,9-22H2,2-8H3/t24-,25-,26?,27+,28-,29+,30+,31+,32+,33-,34+,35-,36-,37-,38+,39+,40+,41-,42+,43+,44+,45+,46+,47+,48+,49+,50-,51-,52-,53?,55-,56-,57+,58+,59-/m0/s1. The molecule has 5 aliphatic carbocycles. The Morgan fingerprint density at radius 3 is 1.74 bits per heavy atom. The second kappa shape index (κ2) is 24.7. The number of hydrogen-bond donors (Lipinski definition) is 15. The van der Waals surface area contributed by atoms with Gasteiger partial charge in [0.2, 0.25) is 6.29 Å². The van der Waals surface area contributed by atoms with Crippen molar-refractivity contribution in [3.8, 4) is 0 Å². The van der Waals surface area contributed by atoms with Crippen molar-refractivity contribution < 1.29 is 129 Å². The van der Waals surface area contributed by atoms with E-state index in [1.54, 1.807) is 0 Å². The van der Waals surface area contributed by atoms with E-state index in [-0.39, 0.29) is 59.0 Å². The lowest BCUT2D eigenvalue weighted by atomic mass is 9.32. The highest BCUT2D eigenvalue weighted by Gasteiger charge is 2.73. The Hall–Kier alpha value is -1.75. The van der Waals surface area contributed by atoms with Crippen LogP contribution in [0.3, 0.4) is 0 Å². The molecule has 5 saturated carbocycles. The maximum Gasteiger partial charge on any atom is 0.314 e. The molecular weight excluding hydrogens is 1120 g/mol. The van der Waals surface area contributed by atoms with Gasteiger partial charge in [-0.05, 0) is 131 Å². The highest BCUT2D eigenvalue weighted by Crippen LogP contribution is 2.78. The summed E-state index contributed by atoms with van der Waals surface area (Å²) in [4.78, 5) is 15.2. The number of aliphatic hydroxyl groups is 15. The number of allylic oxidation sites excluding steroid dienone is 1. The molecular formula is C59H96O26. The molecule has 0 amide bonds. The van der Waals surface area contributed by atoms with Gasteiger partial charge in [0, 0.05) is 5.41 Å². The summed E-state index contributed by atoms with van der Waals surface area (Å²) in [7, 11) is 0. The number of fused-ring (bicyclic) bond motifs is 7. The van der Waals surface area contributed by atoms with Crippen molar-refractivity contribution in [2.75, 3.05) is 26.4 Å². The molecule has 26 heteroatoms. The molecule has 10 aliphatic rings. The van der Waals surface area contributed by atoms with Gasteiger partial charge < -0.3 is 124 Å². The van der Waals surface area contributed by atoms with Crippen LogP contribution in [-0.2, 0) is 52.2 Å². The third-order valence-corrected chi connectivity index (χ3v) is 23.6. The first-order valence-electron chi connectivity index (χ1n) is 30.7. The fourth-order valence-corrected chi connectivity index (χ4v) is 18.4. The van der Waals surface area contributed by atoms with Gasteiger partial charge in [0.15, 0.2) is 25.2 Å². The first-order chi connectivity index (χ1) is 39.9. The summed E-state index contributed by atoms with van der Waals surface area (Å²) in [5.74, 6) is -0.760. The van der Waals surface area contributed by atoms with Crippen molar-refractivity contribution in [3.63, 3.8) is 0 Å². The molecule has 10 rings (SSSR count). The average Bonchev–Trinajstić information content (AvgIpc) is 1.62. The van der Waals surface area contributed by atoms with Crippen molar-refractivity contribution in [2.24, 2.45) is 56.7 Å². The first kappa shape index (κ1) is 66.2. The van der Waals surface area contributed by atoms with E-state index >= 15 is 4.79 Å². The van der Waals surface area contributed by atoms with E-state index in [0.29, 0.717) is 38.5 Å². The Kier molecular flexibility index (Phi) is 19.2. The number of carbonyl (C=O) groups excluding carboxylic acids is 1. The second-order valence-corrected chi connectivity index (χ2v) is 28.0. The Bertz CT molecular complexity index is 2340. The van der Waals surface area contributed by atoms with E-state index in [4.69, 9.17) is 47.4 Å². The largest absolute Gasteiger partial charge is 0.432 e. The number of rotatable bonds is 14. The van der Waals surface area contributed by atoms with Crippen molar-refractivity contribution in [1.82, 2.24) is 0 Å². The summed E-state index contributed by atoms with van der Waals surface area (Å²) in [6.45, 7) is 16.5. The Labute approximate surface area is 494 Å². The van der Waals surface area contributed by atoms with E-state index in [1.807, 2.05) is 13.8 Å². The Morgan fingerprint density at radius 1 is 0.541 bits per heavy atom. The molecule has 35 atom stereocenters. The van der Waals surface area contributed by atoms with Crippen LogP contribution in [0.1, 0.15) is 113 Å². The van der Waals surface area contributed by atoms with Gasteiger partial charge >= 0.3 is 5.97 Å². The van der Waals surface area contributed by atoms with Crippen LogP contribution < -0.4 is 0 Å². The second-order valence-electron chi connectivity index (χ2n) is 28.0. The van der Waals surface area contributed by atoms with E-state index in [9.17, 15) is 76.6 Å². The fourth-order valence-electron chi connectivity index (χ4n) is 18.4. The fraction of sp³-hybridized carbons (Fsp3) is 0.949. The van der Waals surface area contributed by atoms with Gasteiger partial charge in [0.05, 0.1) is 50.2 Å². The van der Waals surface area contributed by atoms with Gasteiger partial charge in [-0.3, -0.25) is 4.79 Å². The highest BCUT2D eigenvalue weighted by atomic mass is 16.8. The molecule has 0 aromatic heterocycles. The van der Waals surface area contributed by atoms with Gasteiger partial charge in [-0.2, -0.15) is 0 Å². The maximum atomic E-state index is 15.2. The van der Waals surface area contributed by atoms with Crippen LogP contribution in [0.15, 0.2) is 12.2 Å². The summed E-state index contributed by atoms with van der Waals surface area (Å²) >= 11 is 0. The Morgan fingerprint density at radius 2 is 1.13 bits per heavy atom. The molecule has 488 valence electrons. The lowest BCUT2D eigenvalue weighted by Crippen LogP contribution is -2.68. The molecule has 5 saturated heterocycles. The lowest BCUT2D eigenvalue weighted by molar-refractivity contribution is -0.366. The normalized spacial score (nSPS) is 56.3. The predicted octanol–water partition coefficient (Wildman–Crippen LogP) is -2.69. The summed E-state index contributed by atoms with van der Waals surface area (Å²) < 4.78 is 59.5. The molecule has 15 N–H and O–H groups in total. The van der Waals surface area contributed by atoms with Crippen LogP contribution in [0.25, 0.3) is 0 Å². The van der Waals surface area contributed by atoms with E-state index in [1.165, 1.54) is 13.8 Å². The van der Waals surface area contributed by atoms with Crippen LogP contribution in [0.4, 0.5) is 0 Å². The van der Waals surface area contributed by atoms with Gasteiger partial charge in [-0.15, -0.1) is 0 Å². The van der Waals surface area contributed by atoms with E-state index in [2.05, 4.69) is 27.4 Å². The molecule has 0 radical (unpaired) electrons. The third kappa shape index (κ3) is 10.9. The van der Waals surface area contributed by atoms with Gasteiger partial charge in [0.25, 0.3) is 0 Å². The minimum absolute atomic E-state index is 0.0172. The van der Waals surface area contributed by atoms with Crippen molar-refractivity contribution in [1.29, 1.82) is 0 Å². The smallest absolute Gasteiger partial charge is 0.314 e. The molecule has 0 spiro atoms. The zero-order valence-electron chi connectivity index (χ0n) is 49.6. The number of aliphatic hydroxyl groups excluding tert-OH is 15. The highest BCUT2D eigenvalue weighted by molar-refractivity contribution is 5.78. The molecule has 0 aromatic rings. The summed E-state index contributed by atoms with van der Waals surface area (Å²) in [5.41, 5.74) is -1.80. The van der Waals surface area contributed by atoms with Gasteiger partial charge in [-0.25, -0.2) is 0 Å². The first-order valence-corrected chi connectivity index (χ1v) is 30.7. The zero-order chi connectivity index (χ0) is 61.9. The maximum absolute atomic E-state index is 15.2. The number of ether oxygens (including phenoxy) is 10. The van der Waals surface area contributed by atoms with Crippen LogP contribution in [0.5, 0.6) is 0 Å². The summed E-state index contributed by atoms with van der Waals surface area (Å²) in [5, 5.41) is 163. The molecule has 5 heterocycles. The molecule has 26 nitrogen and oxygen atoms in total. The number of hydrogen-bond acceptors (Lipinski definition) is 26. The minimum atomic E-state index is -1.90. The number of esters is 1. The molecule has 2 unspecified atom stereocenters. The number of carbonyl (C=O) groups is 1. The van der Waals surface area contributed by atoms with Gasteiger partial charge in [-0.1, -0.05) is 39.8 Å². The molecule has 5 aliphatic heterocycles. The molecule has 10 fully saturated rings. The van der Waals surface area contributed by atoms with E-state index in [0.717, 1.165) is 31.3 Å². The van der Waals surface area contributed by atoms with Crippen LogP contribution in [0.2, 0.25) is 0 Å². The Balaban J connectivity index is 0.820. The van der Waals surface area contributed by atoms with Crippen LogP contribution in [-0.4, -0.2) is 263 Å². The minimum Gasteiger partial charge on any atom is -0.432 e.